The maximum Gasteiger partial charge on any atom is 0.374 e. The molecule has 0 N–H and O–H groups in total. The summed E-state index contributed by atoms with van der Waals surface area (Å²) in [6.45, 7) is 3.81. The Morgan fingerprint density at radius 3 is 2.46 bits per heavy atom. The highest BCUT2D eigenvalue weighted by atomic mass is 16.5. The monoisotopic (exact) mass is 331 g/mol. The van der Waals surface area contributed by atoms with Gasteiger partial charge in [-0.15, -0.1) is 0 Å². The second kappa shape index (κ2) is 7.21. The minimum absolute atomic E-state index is 0.0957. The van der Waals surface area contributed by atoms with Gasteiger partial charge in [0.25, 0.3) is 5.91 Å². The van der Waals surface area contributed by atoms with Crippen LogP contribution >= 0.6 is 0 Å². The third-order valence-electron chi connectivity index (χ3n) is 3.55. The molecule has 1 amide bonds. The zero-order valence-electron chi connectivity index (χ0n) is 14.5. The highest BCUT2D eigenvalue weighted by Crippen LogP contribution is 2.23. The predicted molar refractivity (Wildman–Crippen MR) is 88.3 cm³/mol. The van der Waals surface area contributed by atoms with Crippen molar-refractivity contribution >= 4 is 11.9 Å². The van der Waals surface area contributed by atoms with Crippen LogP contribution in [0.2, 0.25) is 0 Å². The van der Waals surface area contributed by atoms with Crippen molar-refractivity contribution in [2.24, 2.45) is 0 Å². The molecule has 24 heavy (non-hydrogen) atoms. The third-order valence-corrected chi connectivity index (χ3v) is 3.55. The van der Waals surface area contributed by atoms with Gasteiger partial charge in [-0.25, -0.2) is 4.79 Å². The minimum atomic E-state index is -0.520. The van der Waals surface area contributed by atoms with Crippen LogP contribution in [0, 0.1) is 13.8 Å². The van der Waals surface area contributed by atoms with E-state index < -0.39 is 5.97 Å². The summed E-state index contributed by atoms with van der Waals surface area (Å²) in [6, 6.07) is 7.03. The lowest BCUT2D eigenvalue weighted by Gasteiger charge is -2.13. The average Bonchev–Trinajstić information content (AvgIpc) is 2.93. The maximum absolute atomic E-state index is 12.0. The first-order valence-corrected chi connectivity index (χ1v) is 7.46. The fraction of sp³-hybridized carbons (Fsp3) is 0.333. The molecule has 0 saturated heterocycles. The largest absolute Gasteiger partial charge is 0.485 e. The smallest absolute Gasteiger partial charge is 0.374 e. The summed E-state index contributed by atoms with van der Waals surface area (Å²) < 4.78 is 15.9. The number of hydrogen-bond acceptors (Lipinski definition) is 5. The van der Waals surface area contributed by atoms with Crippen molar-refractivity contribution in [1.29, 1.82) is 0 Å². The van der Waals surface area contributed by atoms with Crippen LogP contribution in [-0.2, 0) is 11.3 Å². The average molecular weight is 331 g/mol. The SMILES string of the molecule is COC(=O)c1oc(COc2cc(C(=O)N(C)C)ccc2C)cc1C. The third kappa shape index (κ3) is 3.76. The Morgan fingerprint density at radius 1 is 1.12 bits per heavy atom. The molecule has 6 nitrogen and oxygen atoms in total. The van der Waals surface area contributed by atoms with Crippen LogP contribution in [-0.4, -0.2) is 38.0 Å². The van der Waals surface area contributed by atoms with E-state index in [-0.39, 0.29) is 18.3 Å². The molecule has 0 aliphatic carbocycles. The van der Waals surface area contributed by atoms with Crippen LogP contribution in [0.3, 0.4) is 0 Å². The Bertz CT molecular complexity index is 761. The van der Waals surface area contributed by atoms with Crippen molar-refractivity contribution < 1.29 is 23.5 Å². The first kappa shape index (κ1) is 17.6. The number of rotatable bonds is 5. The Labute approximate surface area is 141 Å². The number of hydrogen-bond donors (Lipinski definition) is 0. The van der Waals surface area contributed by atoms with Crippen molar-refractivity contribution in [3.05, 3.63) is 52.5 Å². The number of carbonyl (C=O) groups excluding carboxylic acids is 2. The highest BCUT2D eigenvalue weighted by molar-refractivity contribution is 5.94. The number of aryl methyl sites for hydroxylation is 2. The molecular weight excluding hydrogens is 310 g/mol. The van der Waals surface area contributed by atoms with Gasteiger partial charge in [0.05, 0.1) is 7.11 Å². The summed E-state index contributed by atoms with van der Waals surface area (Å²) in [5.41, 5.74) is 2.14. The van der Waals surface area contributed by atoms with Gasteiger partial charge in [-0.3, -0.25) is 4.79 Å². The van der Waals surface area contributed by atoms with Gasteiger partial charge < -0.3 is 18.8 Å². The van der Waals surface area contributed by atoms with Gasteiger partial charge >= 0.3 is 5.97 Å². The molecule has 2 rings (SSSR count). The van der Waals surface area contributed by atoms with E-state index in [9.17, 15) is 9.59 Å². The molecule has 6 heteroatoms. The van der Waals surface area contributed by atoms with Gasteiger partial charge in [-0.05, 0) is 37.6 Å². The first-order chi connectivity index (χ1) is 11.3. The summed E-state index contributed by atoms with van der Waals surface area (Å²) in [5.74, 6) is 0.660. The lowest BCUT2D eigenvalue weighted by molar-refractivity contribution is 0.0559. The lowest BCUT2D eigenvalue weighted by Crippen LogP contribution is -2.21. The van der Waals surface area contributed by atoms with E-state index in [4.69, 9.17) is 9.15 Å². The minimum Gasteiger partial charge on any atom is -0.485 e. The zero-order chi connectivity index (χ0) is 17.9. The van der Waals surface area contributed by atoms with E-state index >= 15 is 0 Å². The summed E-state index contributed by atoms with van der Waals surface area (Å²) in [6.07, 6.45) is 0. The molecule has 0 unspecified atom stereocenters. The Hall–Kier alpha value is -2.76. The standard InChI is InChI=1S/C18H21NO5/c1-11-6-7-13(17(20)19(3)4)9-15(11)23-10-14-8-12(2)16(24-14)18(21)22-5/h6-9H,10H2,1-5H3. The Balaban J connectivity index is 2.16. The topological polar surface area (TPSA) is 69.0 Å². The molecule has 1 heterocycles. The second-order valence-corrected chi connectivity index (χ2v) is 5.68. The molecule has 0 radical (unpaired) electrons. The van der Waals surface area contributed by atoms with E-state index in [1.54, 1.807) is 39.2 Å². The number of carbonyl (C=O) groups is 2. The lowest BCUT2D eigenvalue weighted by atomic mass is 10.1. The number of amides is 1. The summed E-state index contributed by atoms with van der Waals surface area (Å²) >= 11 is 0. The van der Waals surface area contributed by atoms with E-state index in [0.717, 1.165) is 5.56 Å². The van der Waals surface area contributed by atoms with Crippen molar-refractivity contribution in [2.75, 3.05) is 21.2 Å². The molecule has 2 aromatic rings. The van der Waals surface area contributed by atoms with Gasteiger partial charge in [0.2, 0.25) is 5.76 Å². The number of nitrogens with zero attached hydrogens (tertiary/aromatic N) is 1. The van der Waals surface area contributed by atoms with Crippen LogP contribution in [0.5, 0.6) is 5.75 Å². The van der Waals surface area contributed by atoms with Crippen LogP contribution in [0.4, 0.5) is 0 Å². The van der Waals surface area contributed by atoms with Crippen molar-refractivity contribution in [2.45, 2.75) is 20.5 Å². The van der Waals surface area contributed by atoms with E-state index in [1.807, 2.05) is 13.0 Å². The molecule has 0 aliphatic rings. The van der Waals surface area contributed by atoms with Gasteiger partial charge in [-0.2, -0.15) is 0 Å². The van der Waals surface area contributed by atoms with Gasteiger partial charge in [-0.1, -0.05) is 6.07 Å². The Morgan fingerprint density at radius 2 is 1.83 bits per heavy atom. The van der Waals surface area contributed by atoms with Crippen molar-refractivity contribution in [1.82, 2.24) is 4.90 Å². The summed E-state index contributed by atoms with van der Waals surface area (Å²) in [5, 5.41) is 0. The molecule has 0 saturated carbocycles. The first-order valence-electron chi connectivity index (χ1n) is 7.46. The quantitative estimate of drug-likeness (QED) is 0.788. The molecular formula is C18H21NO5. The fourth-order valence-corrected chi connectivity index (χ4v) is 2.21. The fourth-order valence-electron chi connectivity index (χ4n) is 2.21. The summed E-state index contributed by atoms with van der Waals surface area (Å²) in [7, 11) is 4.70. The molecule has 1 aromatic carbocycles. The molecule has 128 valence electrons. The van der Waals surface area contributed by atoms with Crippen molar-refractivity contribution in [3.8, 4) is 5.75 Å². The normalized spacial score (nSPS) is 10.4. The predicted octanol–water partition coefficient (Wildman–Crippen LogP) is 2.96. The van der Waals surface area contributed by atoms with Crippen LogP contribution in [0.25, 0.3) is 0 Å². The zero-order valence-corrected chi connectivity index (χ0v) is 14.5. The molecule has 0 aliphatic heterocycles. The van der Waals surface area contributed by atoms with E-state index in [1.165, 1.54) is 12.0 Å². The molecule has 0 spiro atoms. The number of benzene rings is 1. The van der Waals surface area contributed by atoms with Gasteiger partial charge in [0.1, 0.15) is 18.1 Å². The van der Waals surface area contributed by atoms with Crippen LogP contribution in [0.15, 0.2) is 28.7 Å². The van der Waals surface area contributed by atoms with Gasteiger partial charge in [0, 0.05) is 25.2 Å². The van der Waals surface area contributed by atoms with Crippen molar-refractivity contribution in [3.63, 3.8) is 0 Å². The number of esters is 1. The number of furan rings is 1. The number of ether oxygens (including phenoxy) is 2. The molecule has 1 aromatic heterocycles. The van der Waals surface area contributed by atoms with Crippen LogP contribution < -0.4 is 4.74 Å². The molecule has 0 bridgehead atoms. The van der Waals surface area contributed by atoms with Gasteiger partial charge in [0.15, 0.2) is 0 Å². The maximum atomic E-state index is 12.0. The second-order valence-electron chi connectivity index (χ2n) is 5.68. The molecule has 0 fully saturated rings. The van der Waals surface area contributed by atoms with Crippen LogP contribution in [0.1, 0.15) is 37.8 Å². The summed E-state index contributed by atoms with van der Waals surface area (Å²) in [4.78, 5) is 25.1. The highest BCUT2D eigenvalue weighted by Gasteiger charge is 2.17. The molecule has 0 atom stereocenters. The Kier molecular flexibility index (Phi) is 5.28. The van der Waals surface area contributed by atoms with E-state index in [0.29, 0.717) is 22.6 Å². The van der Waals surface area contributed by atoms with E-state index in [2.05, 4.69) is 4.74 Å². The number of methoxy groups -OCH3 is 1.